The fraction of sp³-hybridized carbons (Fsp3) is 0.429. The van der Waals surface area contributed by atoms with E-state index in [9.17, 15) is 9.59 Å². The predicted octanol–water partition coefficient (Wildman–Crippen LogP) is 0.406. The second-order valence-electron chi connectivity index (χ2n) is 4.82. The summed E-state index contributed by atoms with van der Waals surface area (Å²) in [6.45, 7) is 4.32. The molecule has 1 aliphatic rings. The number of carbonyl (C=O) groups excluding carboxylic acids is 2. The zero-order valence-electron chi connectivity index (χ0n) is 11.9. The molecule has 0 aliphatic carbocycles. The van der Waals surface area contributed by atoms with E-state index in [-0.39, 0.29) is 31.0 Å². The summed E-state index contributed by atoms with van der Waals surface area (Å²) in [5, 5.41) is 3.23. The van der Waals surface area contributed by atoms with Crippen LogP contribution in [-0.4, -0.2) is 49.0 Å². The molecule has 1 aromatic rings. The number of nitrogens with zero attached hydrogens (tertiary/aromatic N) is 1. The average Bonchev–Trinajstić information content (AvgIpc) is 2.45. The lowest BCUT2D eigenvalue weighted by Crippen LogP contribution is -2.53. The zero-order valence-corrected chi connectivity index (χ0v) is 12.7. The van der Waals surface area contributed by atoms with Crippen molar-refractivity contribution in [3.63, 3.8) is 0 Å². The number of ether oxygens (including phenoxy) is 1. The van der Waals surface area contributed by atoms with Crippen LogP contribution >= 0.6 is 12.4 Å². The van der Waals surface area contributed by atoms with Gasteiger partial charge in [-0.1, -0.05) is 0 Å². The first-order valence-corrected chi connectivity index (χ1v) is 6.61. The molecule has 7 heteroatoms. The lowest BCUT2D eigenvalue weighted by atomic mass is 10.2. The molecule has 1 heterocycles. The maximum Gasteiger partial charge on any atom is 0.260 e. The molecule has 1 saturated heterocycles. The van der Waals surface area contributed by atoms with Crippen molar-refractivity contribution >= 4 is 24.2 Å². The number of nitrogens with one attached hydrogen (secondary N) is 1. The number of primary amides is 1. The van der Waals surface area contributed by atoms with Crippen LogP contribution in [0.2, 0.25) is 0 Å². The van der Waals surface area contributed by atoms with Gasteiger partial charge in [-0.25, -0.2) is 0 Å². The molecule has 6 nitrogen and oxygen atoms in total. The molecule has 21 heavy (non-hydrogen) atoms. The van der Waals surface area contributed by atoms with Crippen LogP contribution in [0.4, 0.5) is 0 Å². The smallest absolute Gasteiger partial charge is 0.260 e. The topological polar surface area (TPSA) is 84.7 Å². The number of rotatable bonds is 4. The van der Waals surface area contributed by atoms with Crippen molar-refractivity contribution in [1.82, 2.24) is 10.2 Å². The second kappa shape index (κ2) is 7.85. The third-order valence-electron chi connectivity index (χ3n) is 3.32. The zero-order chi connectivity index (χ0) is 14.5. The molecule has 2 rings (SSSR count). The summed E-state index contributed by atoms with van der Waals surface area (Å²) in [5.41, 5.74) is 5.57. The van der Waals surface area contributed by atoms with Crippen molar-refractivity contribution in [1.29, 1.82) is 0 Å². The normalized spacial score (nSPS) is 17.8. The highest BCUT2D eigenvalue weighted by Gasteiger charge is 2.22. The Bertz CT molecular complexity index is 493. The Morgan fingerprint density at radius 3 is 2.62 bits per heavy atom. The first-order chi connectivity index (χ1) is 9.58. The summed E-state index contributed by atoms with van der Waals surface area (Å²) in [6.07, 6.45) is 0. The van der Waals surface area contributed by atoms with Crippen LogP contribution < -0.4 is 15.8 Å². The van der Waals surface area contributed by atoms with Crippen molar-refractivity contribution in [2.45, 2.75) is 13.0 Å². The molecule has 0 bridgehead atoms. The van der Waals surface area contributed by atoms with Crippen LogP contribution in [0, 0.1) is 0 Å². The van der Waals surface area contributed by atoms with Gasteiger partial charge in [0.2, 0.25) is 5.91 Å². The monoisotopic (exact) mass is 313 g/mol. The minimum Gasteiger partial charge on any atom is -0.484 e. The number of piperazine rings is 1. The first kappa shape index (κ1) is 17.3. The summed E-state index contributed by atoms with van der Waals surface area (Å²) < 4.78 is 5.44. The number of hydrogen-bond donors (Lipinski definition) is 2. The van der Waals surface area contributed by atoms with E-state index < -0.39 is 5.91 Å². The van der Waals surface area contributed by atoms with Gasteiger partial charge in [0.05, 0.1) is 0 Å². The summed E-state index contributed by atoms with van der Waals surface area (Å²) in [5.74, 6) is 0.0337. The molecular weight excluding hydrogens is 294 g/mol. The Labute approximate surface area is 130 Å². The Balaban J connectivity index is 0.00000220. The molecule has 1 aromatic carbocycles. The fourth-order valence-corrected chi connectivity index (χ4v) is 2.15. The standard InChI is InChI=1S/C14H19N3O3.ClH/c1-10-8-16-6-7-17(10)13(18)9-20-12-4-2-11(3-5-12)14(15)19;/h2-5,10,16H,6-9H2,1H3,(H2,15,19);1H/t10-;/m0./s1. The van der Waals surface area contributed by atoms with Gasteiger partial charge in [0.1, 0.15) is 5.75 Å². The van der Waals surface area contributed by atoms with Crippen molar-refractivity contribution in [2.24, 2.45) is 5.73 Å². The number of hydrogen-bond acceptors (Lipinski definition) is 4. The molecule has 1 fully saturated rings. The fourth-order valence-electron chi connectivity index (χ4n) is 2.15. The Morgan fingerprint density at radius 2 is 2.05 bits per heavy atom. The highest BCUT2D eigenvalue weighted by atomic mass is 35.5. The van der Waals surface area contributed by atoms with E-state index in [2.05, 4.69) is 5.32 Å². The van der Waals surface area contributed by atoms with E-state index in [0.29, 0.717) is 17.9 Å². The van der Waals surface area contributed by atoms with Crippen molar-refractivity contribution in [2.75, 3.05) is 26.2 Å². The van der Waals surface area contributed by atoms with Crippen LogP contribution in [0.1, 0.15) is 17.3 Å². The molecule has 2 amide bonds. The van der Waals surface area contributed by atoms with E-state index in [1.165, 1.54) is 0 Å². The maximum atomic E-state index is 12.1. The summed E-state index contributed by atoms with van der Waals surface area (Å²) in [7, 11) is 0. The molecular formula is C14H20ClN3O3. The van der Waals surface area contributed by atoms with E-state index in [1.807, 2.05) is 11.8 Å². The largest absolute Gasteiger partial charge is 0.484 e. The minimum atomic E-state index is -0.484. The third kappa shape index (κ3) is 4.61. The number of benzene rings is 1. The molecule has 0 saturated carbocycles. The third-order valence-corrected chi connectivity index (χ3v) is 3.32. The van der Waals surface area contributed by atoms with Gasteiger partial charge in [0.15, 0.2) is 6.61 Å². The van der Waals surface area contributed by atoms with Crippen LogP contribution in [0.3, 0.4) is 0 Å². The maximum absolute atomic E-state index is 12.1. The van der Waals surface area contributed by atoms with Gasteiger partial charge in [-0.3, -0.25) is 9.59 Å². The molecule has 0 radical (unpaired) electrons. The highest BCUT2D eigenvalue weighted by Crippen LogP contribution is 2.12. The van der Waals surface area contributed by atoms with E-state index in [0.717, 1.165) is 13.1 Å². The summed E-state index contributed by atoms with van der Waals surface area (Å²) >= 11 is 0. The van der Waals surface area contributed by atoms with Gasteiger partial charge in [-0.2, -0.15) is 0 Å². The molecule has 0 aromatic heterocycles. The van der Waals surface area contributed by atoms with Crippen molar-refractivity contribution < 1.29 is 14.3 Å². The molecule has 1 atom stereocenters. The van der Waals surface area contributed by atoms with Crippen LogP contribution in [0.15, 0.2) is 24.3 Å². The minimum absolute atomic E-state index is 0. The number of halogens is 1. The molecule has 0 spiro atoms. The molecule has 1 aliphatic heterocycles. The van der Waals surface area contributed by atoms with Crippen molar-refractivity contribution in [3.05, 3.63) is 29.8 Å². The molecule has 3 N–H and O–H groups in total. The van der Waals surface area contributed by atoms with E-state index >= 15 is 0 Å². The first-order valence-electron chi connectivity index (χ1n) is 6.61. The van der Waals surface area contributed by atoms with E-state index in [1.54, 1.807) is 24.3 Å². The van der Waals surface area contributed by atoms with Crippen molar-refractivity contribution in [3.8, 4) is 5.75 Å². The van der Waals surface area contributed by atoms with Gasteiger partial charge in [-0.05, 0) is 31.2 Å². The van der Waals surface area contributed by atoms with Gasteiger partial charge < -0.3 is 20.7 Å². The highest BCUT2D eigenvalue weighted by molar-refractivity contribution is 5.92. The van der Waals surface area contributed by atoms with Gasteiger partial charge in [-0.15, -0.1) is 12.4 Å². The second-order valence-corrected chi connectivity index (χ2v) is 4.82. The van der Waals surface area contributed by atoms with Crippen LogP contribution in [-0.2, 0) is 4.79 Å². The number of nitrogens with two attached hydrogens (primary N) is 1. The summed E-state index contributed by atoms with van der Waals surface area (Å²) in [4.78, 5) is 24.8. The molecule has 0 unspecified atom stereocenters. The Kier molecular flexibility index (Phi) is 6.45. The van der Waals surface area contributed by atoms with Gasteiger partial charge in [0, 0.05) is 31.2 Å². The number of amides is 2. The van der Waals surface area contributed by atoms with Gasteiger partial charge >= 0.3 is 0 Å². The van der Waals surface area contributed by atoms with Crippen LogP contribution in [0.25, 0.3) is 0 Å². The Morgan fingerprint density at radius 1 is 1.38 bits per heavy atom. The predicted molar refractivity (Wildman–Crippen MR) is 81.7 cm³/mol. The van der Waals surface area contributed by atoms with E-state index in [4.69, 9.17) is 10.5 Å². The SMILES string of the molecule is C[C@H]1CNCCN1C(=O)COc1ccc(C(N)=O)cc1.Cl. The quantitative estimate of drug-likeness (QED) is 0.843. The van der Waals surface area contributed by atoms with Gasteiger partial charge in [0.25, 0.3) is 5.91 Å². The van der Waals surface area contributed by atoms with Crippen LogP contribution in [0.5, 0.6) is 5.75 Å². The summed E-state index contributed by atoms with van der Waals surface area (Å²) in [6, 6.07) is 6.60. The average molecular weight is 314 g/mol. The lowest BCUT2D eigenvalue weighted by Gasteiger charge is -2.33. The molecule has 116 valence electrons. The number of carbonyl (C=O) groups is 2. The Hall–Kier alpha value is -1.79. The lowest BCUT2D eigenvalue weighted by molar-refractivity contribution is -0.136.